The van der Waals surface area contributed by atoms with E-state index in [1.165, 1.54) is 0 Å². The molecular weight excluding hydrogens is 274 g/mol. The molecule has 2 fully saturated rings. The zero-order valence-electron chi connectivity index (χ0n) is 13.4. The van der Waals surface area contributed by atoms with Crippen molar-refractivity contribution in [2.45, 2.75) is 71.2 Å². The number of esters is 1. The predicted octanol–water partition coefficient (Wildman–Crippen LogP) is 2.86. The predicted molar refractivity (Wildman–Crippen MR) is 81.5 cm³/mol. The highest BCUT2D eigenvalue weighted by Gasteiger charge is 2.52. The first kappa shape index (κ1) is 16.1. The van der Waals surface area contributed by atoms with Gasteiger partial charge in [0.15, 0.2) is 6.10 Å². The second kappa shape index (κ2) is 5.50. The van der Waals surface area contributed by atoms with E-state index in [0.29, 0.717) is 6.04 Å². The van der Waals surface area contributed by atoms with E-state index in [1.807, 2.05) is 37.6 Å². The molecule has 0 amide bonds. The van der Waals surface area contributed by atoms with Crippen LogP contribution in [-0.2, 0) is 14.4 Å². The maximum atomic E-state index is 12.4. The normalized spacial score (nSPS) is 32.0. The van der Waals surface area contributed by atoms with E-state index in [9.17, 15) is 4.79 Å². The van der Waals surface area contributed by atoms with Gasteiger partial charge < -0.3 is 4.74 Å². The molecule has 0 bridgehead atoms. The summed E-state index contributed by atoms with van der Waals surface area (Å²) >= 11 is 1.91. The summed E-state index contributed by atoms with van der Waals surface area (Å²) in [7, 11) is 0. The number of nitrogens with zero attached hydrogens (tertiary/aromatic N) is 1. The van der Waals surface area contributed by atoms with Gasteiger partial charge in [-0.05, 0) is 53.7 Å². The summed E-state index contributed by atoms with van der Waals surface area (Å²) in [6.45, 7) is 12.1. The smallest absolute Gasteiger partial charge is 0.338 e. The summed E-state index contributed by atoms with van der Waals surface area (Å²) in [6.07, 6.45) is 0.623. The summed E-state index contributed by atoms with van der Waals surface area (Å²) < 4.78 is 5.53. The molecule has 2 rings (SSSR count). The lowest BCUT2D eigenvalue weighted by molar-refractivity contribution is -0.224. The van der Waals surface area contributed by atoms with Crippen LogP contribution in [0.2, 0.25) is 0 Å². The van der Waals surface area contributed by atoms with Gasteiger partial charge in [-0.15, -0.1) is 0 Å². The van der Waals surface area contributed by atoms with E-state index in [2.05, 4.69) is 20.8 Å². The van der Waals surface area contributed by atoms with Gasteiger partial charge in [0.2, 0.25) is 0 Å². The van der Waals surface area contributed by atoms with Gasteiger partial charge in [-0.2, -0.15) is 16.8 Å². The Morgan fingerprint density at radius 2 is 1.90 bits per heavy atom. The van der Waals surface area contributed by atoms with Crippen LogP contribution >= 0.6 is 11.8 Å². The van der Waals surface area contributed by atoms with Gasteiger partial charge in [0.05, 0.1) is 0 Å². The highest BCUT2D eigenvalue weighted by atomic mass is 32.2. The Morgan fingerprint density at radius 1 is 1.25 bits per heavy atom. The topological polar surface area (TPSA) is 38.8 Å². The van der Waals surface area contributed by atoms with E-state index >= 15 is 0 Å². The van der Waals surface area contributed by atoms with Gasteiger partial charge in [-0.3, -0.25) is 4.84 Å². The number of hydrogen-bond acceptors (Lipinski definition) is 5. The highest BCUT2D eigenvalue weighted by molar-refractivity contribution is 7.99. The van der Waals surface area contributed by atoms with Crippen LogP contribution in [0, 0.1) is 5.92 Å². The molecule has 0 aliphatic carbocycles. The Morgan fingerprint density at radius 3 is 2.45 bits per heavy atom. The third kappa shape index (κ3) is 3.49. The minimum atomic E-state index is -0.465. The molecule has 5 heteroatoms. The number of fused-ring (bicyclic) bond motifs is 1. The van der Waals surface area contributed by atoms with Gasteiger partial charge in [0.25, 0.3) is 0 Å². The second-order valence-corrected chi connectivity index (χ2v) is 8.80. The molecule has 2 saturated heterocycles. The number of thioether (sulfide) groups is 1. The maximum Gasteiger partial charge on any atom is 0.338 e. The van der Waals surface area contributed by atoms with Gasteiger partial charge in [-0.25, -0.2) is 4.79 Å². The average Bonchev–Trinajstić information content (AvgIpc) is 2.65. The largest absolute Gasteiger partial charge is 0.458 e. The van der Waals surface area contributed by atoms with E-state index in [1.54, 1.807) is 0 Å². The molecule has 4 nitrogen and oxygen atoms in total. The molecule has 0 spiro atoms. The minimum Gasteiger partial charge on any atom is -0.458 e. The van der Waals surface area contributed by atoms with Crippen LogP contribution in [0.15, 0.2) is 0 Å². The first-order valence-electron chi connectivity index (χ1n) is 7.36. The minimum absolute atomic E-state index is 0.0955. The summed E-state index contributed by atoms with van der Waals surface area (Å²) in [6, 6.07) is 0.328. The summed E-state index contributed by atoms with van der Waals surface area (Å²) in [4.78, 5) is 18.4. The standard InChI is InChI=1S/C15H27NO3S/c1-14(2,3)16-11-7-8-20-9-10(11)12(19-16)13(17)18-15(4,5)6/h10-12H,7-9H2,1-6H3/t10-,11+,12-/m0/s1. The number of hydrogen-bond donors (Lipinski definition) is 0. The molecule has 2 heterocycles. The van der Waals surface area contributed by atoms with Crippen molar-refractivity contribution < 1.29 is 14.4 Å². The van der Waals surface area contributed by atoms with Gasteiger partial charge in [0.1, 0.15) is 5.60 Å². The van der Waals surface area contributed by atoms with E-state index < -0.39 is 11.7 Å². The van der Waals surface area contributed by atoms with Crippen molar-refractivity contribution in [3.05, 3.63) is 0 Å². The van der Waals surface area contributed by atoms with Crippen molar-refractivity contribution in [2.75, 3.05) is 11.5 Å². The molecule has 3 atom stereocenters. The zero-order chi connectivity index (χ0) is 15.1. The number of carbonyl (C=O) groups excluding carboxylic acids is 1. The van der Waals surface area contributed by atoms with Crippen molar-refractivity contribution in [3.63, 3.8) is 0 Å². The van der Waals surface area contributed by atoms with Crippen LogP contribution in [0.3, 0.4) is 0 Å². The lowest BCUT2D eigenvalue weighted by Crippen LogP contribution is -2.46. The highest BCUT2D eigenvalue weighted by Crippen LogP contribution is 2.41. The van der Waals surface area contributed by atoms with Crippen LogP contribution in [0.5, 0.6) is 0 Å². The lowest BCUT2D eigenvalue weighted by atomic mass is 9.92. The Kier molecular flexibility index (Phi) is 4.43. The Labute approximate surface area is 126 Å². The molecular formula is C15H27NO3S. The van der Waals surface area contributed by atoms with E-state index in [4.69, 9.17) is 9.57 Å². The van der Waals surface area contributed by atoms with Gasteiger partial charge >= 0.3 is 5.97 Å². The van der Waals surface area contributed by atoms with E-state index in [-0.39, 0.29) is 17.4 Å². The van der Waals surface area contributed by atoms with Crippen molar-refractivity contribution >= 4 is 17.7 Å². The maximum absolute atomic E-state index is 12.4. The molecule has 0 radical (unpaired) electrons. The van der Waals surface area contributed by atoms with Crippen molar-refractivity contribution in [1.29, 1.82) is 0 Å². The number of rotatable bonds is 1. The Hall–Kier alpha value is -0.260. The summed E-state index contributed by atoms with van der Waals surface area (Å²) in [5, 5.41) is 2.03. The van der Waals surface area contributed by atoms with Crippen LogP contribution < -0.4 is 0 Å². The first-order valence-corrected chi connectivity index (χ1v) is 8.52. The quantitative estimate of drug-likeness (QED) is 0.696. The fraction of sp³-hybridized carbons (Fsp3) is 0.933. The summed E-state index contributed by atoms with van der Waals surface area (Å²) in [5.41, 5.74) is -0.561. The van der Waals surface area contributed by atoms with Crippen molar-refractivity contribution in [1.82, 2.24) is 5.06 Å². The second-order valence-electron chi connectivity index (χ2n) is 7.65. The molecule has 2 aliphatic heterocycles. The van der Waals surface area contributed by atoms with Crippen molar-refractivity contribution in [3.8, 4) is 0 Å². The first-order chi connectivity index (χ1) is 9.09. The molecule has 0 aromatic carbocycles. The number of ether oxygens (including phenoxy) is 1. The molecule has 20 heavy (non-hydrogen) atoms. The SMILES string of the molecule is CC(C)(C)OC(=O)[C@H]1ON(C(C)(C)C)[C@@H]2CCSC[C@H]12. The molecule has 0 N–H and O–H groups in total. The van der Waals surface area contributed by atoms with Crippen LogP contribution in [-0.4, -0.2) is 45.8 Å². The van der Waals surface area contributed by atoms with Gasteiger partial charge in [0, 0.05) is 23.3 Å². The average molecular weight is 301 g/mol. The number of carbonyl (C=O) groups is 1. The van der Waals surface area contributed by atoms with Gasteiger partial charge in [-0.1, -0.05) is 0 Å². The van der Waals surface area contributed by atoms with E-state index in [0.717, 1.165) is 17.9 Å². The third-order valence-electron chi connectivity index (χ3n) is 3.58. The van der Waals surface area contributed by atoms with Crippen molar-refractivity contribution in [2.24, 2.45) is 5.92 Å². The zero-order valence-corrected chi connectivity index (χ0v) is 14.3. The van der Waals surface area contributed by atoms with Crippen LogP contribution in [0.25, 0.3) is 0 Å². The molecule has 0 aromatic heterocycles. The fourth-order valence-electron chi connectivity index (χ4n) is 2.84. The molecule has 2 aliphatic rings. The number of hydroxylamine groups is 2. The molecule has 0 unspecified atom stereocenters. The molecule has 116 valence electrons. The summed E-state index contributed by atoms with van der Waals surface area (Å²) in [5.74, 6) is 2.13. The fourth-order valence-corrected chi connectivity index (χ4v) is 4.08. The lowest BCUT2D eigenvalue weighted by Gasteiger charge is -2.37. The third-order valence-corrected chi connectivity index (χ3v) is 4.72. The molecule has 0 saturated carbocycles. The molecule has 0 aromatic rings. The Balaban J connectivity index is 2.16. The monoisotopic (exact) mass is 301 g/mol. The van der Waals surface area contributed by atoms with Crippen LogP contribution in [0.1, 0.15) is 48.0 Å². The van der Waals surface area contributed by atoms with Crippen LogP contribution in [0.4, 0.5) is 0 Å². The Bertz CT molecular complexity index is 372.